The Kier molecular flexibility index (Phi) is 9.34. The van der Waals surface area contributed by atoms with E-state index in [9.17, 15) is 9.13 Å². The molecular weight excluding hydrogens is 374 g/mol. The van der Waals surface area contributed by atoms with Crippen molar-refractivity contribution in [3.8, 4) is 0 Å². The first-order valence-corrected chi connectivity index (χ1v) is 10.2. The second-order valence-corrected chi connectivity index (χ2v) is 10.4. The molecule has 0 aliphatic heterocycles. The molecule has 0 aliphatic rings. The van der Waals surface area contributed by atoms with Gasteiger partial charge < -0.3 is 22.8 Å². The van der Waals surface area contributed by atoms with Crippen LogP contribution < -0.4 is 0 Å². The SMILES string of the molecule is CCOP(=O)(OCC)C(Br)(OC)P(=O)(OCC)OCC. The van der Waals surface area contributed by atoms with Crippen LogP contribution in [-0.2, 0) is 32.0 Å². The Morgan fingerprint density at radius 2 is 1.05 bits per heavy atom. The Hall–Kier alpha value is 0.740. The van der Waals surface area contributed by atoms with Gasteiger partial charge in [-0.3, -0.25) is 9.13 Å². The lowest BCUT2D eigenvalue weighted by Gasteiger charge is -2.36. The third kappa shape index (κ3) is 4.14. The van der Waals surface area contributed by atoms with E-state index < -0.39 is 19.2 Å². The molecule has 0 aliphatic carbocycles. The van der Waals surface area contributed by atoms with Gasteiger partial charge in [0.05, 0.1) is 26.4 Å². The Morgan fingerprint density at radius 1 is 0.800 bits per heavy atom. The highest BCUT2D eigenvalue weighted by Gasteiger charge is 2.65. The molecular formula is C10H23BrO7P2. The number of ether oxygens (including phenoxy) is 1. The van der Waals surface area contributed by atoms with Crippen molar-refractivity contribution in [3.63, 3.8) is 0 Å². The van der Waals surface area contributed by atoms with Gasteiger partial charge in [-0.15, -0.1) is 0 Å². The molecule has 0 unspecified atom stereocenters. The third-order valence-corrected chi connectivity index (χ3v) is 10.6. The molecule has 122 valence electrons. The number of hydrogen-bond acceptors (Lipinski definition) is 7. The van der Waals surface area contributed by atoms with E-state index in [0.717, 1.165) is 0 Å². The summed E-state index contributed by atoms with van der Waals surface area (Å²) in [5.41, 5.74) is 0. The maximum absolute atomic E-state index is 12.9. The van der Waals surface area contributed by atoms with E-state index in [1.807, 2.05) is 0 Å². The fourth-order valence-corrected chi connectivity index (χ4v) is 7.16. The number of alkyl halides is 1. The van der Waals surface area contributed by atoms with Gasteiger partial charge in [-0.05, 0) is 43.6 Å². The molecule has 10 heteroatoms. The lowest BCUT2D eigenvalue weighted by molar-refractivity contribution is 0.0995. The fraction of sp³-hybridized carbons (Fsp3) is 1.00. The smallest absolute Gasteiger partial charge is 0.347 e. The fourth-order valence-electron chi connectivity index (χ4n) is 1.45. The Morgan fingerprint density at radius 3 is 1.20 bits per heavy atom. The van der Waals surface area contributed by atoms with E-state index in [2.05, 4.69) is 15.9 Å². The van der Waals surface area contributed by atoms with Crippen molar-refractivity contribution in [1.82, 2.24) is 0 Å². The van der Waals surface area contributed by atoms with Crippen LogP contribution in [0, 0.1) is 0 Å². The molecule has 0 aromatic carbocycles. The molecule has 7 nitrogen and oxygen atoms in total. The van der Waals surface area contributed by atoms with Gasteiger partial charge in [0.25, 0.3) is 0 Å². The van der Waals surface area contributed by atoms with Crippen LogP contribution in [0.1, 0.15) is 27.7 Å². The molecule has 0 spiro atoms. The summed E-state index contributed by atoms with van der Waals surface area (Å²) >= 11 is 3.09. The molecule has 0 rings (SSSR count). The first kappa shape index (κ1) is 20.7. The lowest BCUT2D eigenvalue weighted by Crippen LogP contribution is -2.29. The van der Waals surface area contributed by atoms with Gasteiger partial charge in [0, 0.05) is 7.11 Å². The van der Waals surface area contributed by atoms with E-state index in [4.69, 9.17) is 22.8 Å². The average molecular weight is 397 g/mol. The second-order valence-electron chi connectivity index (χ2n) is 3.40. The molecule has 0 saturated carbocycles. The standard InChI is InChI=1S/C10H23BrO7P2/c1-6-15-19(12,16-7-2)10(11,14-5)20(13,17-8-3)18-9-4/h6-9H2,1-5H3. The van der Waals surface area contributed by atoms with Gasteiger partial charge in [0.15, 0.2) is 0 Å². The van der Waals surface area contributed by atoms with Crippen LogP contribution in [0.4, 0.5) is 0 Å². The van der Waals surface area contributed by atoms with Crippen molar-refractivity contribution in [2.45, 2.75) is 31.7 Å². The minimum atomic E-state index is -3.94. The predicted molar refractivity (Wildman–Crippen MR) is 80.4 cm³/mol. The van der Waals surface area contributed by atoms with Crippen molar-refractivity contribution >= 4 is 31.1 Å². The zero-order valence-corrected chi connectivity index (χ0v) is 15.8. The highest BCUT2D eigenvalue weighted by molar-refractivity contribution is 9.12. The second kappa shape index (κ2) is 9.01. The quantitative estimate of drug-likeness (QED) is 0.382. The Bertz CT molecular complexity index is 327. The molecule has 0 fully saturated rings. The van der Waals surface area contributed by atoms with Gasteiger partial charge in [0.1, 0.15) is 0 Å². The summed E-state index contributed by atoms with van der Waals surface area (Å²) in [4.78, 5) is 0. The van der Waals surface area contributed by atoms with Crippen LogP contribution in [-0.4, -0.2) is 37.5 Å². The molecule has 0 amide bonds. The van der Waals surface area contributed by atoms with Crippen molar-refractivity contribution in [1.29, 1.82) is 0 Å². The first-order valence-electron chi connectivity index (χ1n) is 6.33. The van der Waals surface area contributed by atoms with Gasteiger partial charge in [-0.25, -0.2) is 0 Å². The maximum Gasteiger partial charge on any atom is 0.386 e. The molecule has 0 bridgehead atoms. The lowest BCUT2D eigenvalue weighted by atomic mass is 10.9. The summed E-state index contributed by atoms with van der Waals surface area (Å²) < 4.78 is 49.8. The topological polar surface area (TPSA) is 80.3 Å². The minimum absolute atomic E-state index is 0.0895. The van der Waals surface area contributed by atoms with Crippen LogP contribution in [0.5, 0.6) is 0 Å². The average Bonchev–Trinajstić information content (AvgIpc) is 2.38. The molecule has 0 aromatic rings. The van der Waals surface area contributed by atoms with Crippen molar-refractivity contribution in [2.24, 2.45) is 0 Å². The highest BCUT2D eigenvalue weighted by Crippen LogP contribution is 2.80. The van der Waals surface area contributed by atoms with Crippen molar-refractivity contribution in [3.05, 3.63) is 0 Å². The molecule has 0 N–H and O–H groups in total. The van der Waals surface area contributed by atoms with Gasteiger partial charge in [0.2, 0.25) is 0 Å². The van der Waals surface area contributed by atoms with E-state index >= 15 is 0 Å². The number of rotatable bonds is 11. The summed E-state index contributed by atoms with van der Waals surface area (Å²) in [5.74, 6) is 0. The highest BCUT2D eigenvalue weighted by atomic mass is 79.9. The molecule has 0 atom stereocenters. The van der Waals surface area contributed by atoms with Crippen LogP contribution in [0.15, 0.2) is 0 Å². The van der Waals surface area contributed by atoms with Crippen molar-refractivity contribution < 1.29 is 32.0 Å². The van der Waals surface area contributed by atoms with Gasteiger partial charge in [-0.1, -0.05) is 0 Å². The van der Waals surface area contributed by atoms with Crippen molar-refractivity contribution in [2.75, 3.05) is 33.5 Å². The van der Waals surface area contributed by atoms with Crippen LogP contribution >= 0.6 is 31.1 Å². The first-order chi connectivity index (χ1) is 9.30. The molecule has 0 radical (unpaired) electrons. The maximum atomic E-state index is 12.9. The third-order valence-electron chi connectivity index (χ3n) is 2.13. The molecule has 0 aromatic heterocycles. The van der Waals surface area contributed by atoms with E-state index in [1.54, 1.807) is 27.7 Å². The van der Waals surface area contributed by atoms with E-state index in [-0.39, 0.29) is 26.4 Å². The van der Waals surface area contributed by atoms with E-state index in [1.165, 1.54) is 7.11 Å². The largest absolute Gasteiger partial charge is 0.386 e. The zero-order chi connectivity index (χ0) is 15.9. The number of methoxy groups -OCH3 is 1. The Labute approximate surface area is 128 Å². The van der Waals surface area contributed by atoms with E-state index in [0.29, 0.717) is 0 Å². The summed E-state index contributed by atoms with van der Waals surface area (Å²) in [6.07, 6.45) is 0. The Balaban J connectivity index is 5.83. The summed E-state index contributed by atoms with van der Waals surface area (Å²) in [7, 11) is -6.66. The number of halogens is 1. The molecule has 0 heterocycles. The normalized spacial score (nSPS) is 13.7. The van der Waals surface area contributed by atoms with Crippen LogP contribution in [0.25, 0.3) is 0 Å². The van der Waals surface area contributed by atoms with Gasteiger partial charge >= 0.3 is 19.2 Å². The summed E-state index contributed by atoms with van der Waals surface area (Å²) in [5, 5.41) is 0. The number of hydrogen-bond donors (Lipinski definition) is 0. The monoisotopic (exact) mass is 396 g/mol. The predicted octanol–water partition coefficient (Wildman–Crippen LogP) is 4.17. The molecule has 20 heavy (non-hydrogen) atoms. The van der Waals surface area contributed by atoms with Crippen LogP contribution in [0.3, 0.4) is 0 Å². The zero-order valence-electron chi connectivity index (χ0n) is 12.5. The summed E-state index contributed by atoms with van der Waals surface area (Å²) in [6.45, 7) is 6.92. The summed E-state index contributed by atoms with van der Waals surface area (Å²) in [6, 6.07) is 0. The van der Waals surface area contributed by atoms with Gasteiger partial charge in [-0.2, -0.15) is 0 Å². The van der Waals surface area contributed by atoms with Crippen LogP contribution in [0.2, 0.25) is 0 Å². The minimum Gasteiger partial charge on any atom is -0.347 e. The molecule has 0 saturated heterocycles.